The standard InChI is InChI=1S/C15H12BrClF2O2/c1-8(21-10-4-2-3-9(17)7-10)15(20)13-12(18)6-5-11(16)14(13)19/h2-8,15,20H,1H3. The van der Waals surface area contributed by atoms with Crippen molar-refractivity contribution in [2.75, 3.05) is 0 Å². The molecular formula is C15H12BrClF2O2. The summed E-state index contributed by atoms with van der Waals surface area (Å²) >= 11 is 8.79. The van der Waals surface area contributed by atoms with E-state index in [1.807, 2.05) is 0 Å². The first-order valence-electron chi connectivity index (χ1n) is 6.14. The molecule has 0 aliphatic heterocycles. The third-order valence-corrected chi connectivity index (χ3v) is 3.79. The first-order valence-corrected chi connectivity index (χ1v) is 7.31. The summed E-state index contributed by atoms with van der Waals surface area (Å²) < 4.78 is 33.3. The molecule has 0 saturated carbocycles. The molecule has 0 heterocycles. The van der Waals surface area contributed by atoms with Gasteiger partial charge in [0.25, 0.3) is 0 Å². The number of aliphatic hydroxyl groups excluding tert-OH is 1. The highest BCUT2D eigenvalue weighted by molar-refractivity contribution is 9.10. The number of hydrogen-bond acceptors (Lipinski definition) is 2. The molecule has 0 bridgehead atoms. The molecule has 2 unspecified atom stereocenters. The molecule has 0 fully saturated rings. The quantitative estimate of drug-likeness (QED) is 0.769. The van der Waals surface area contributed by atoms with Gasteiger partial charge in [-0.3, -0.25) is 0 Å². The second kappa shape index (κ2) is 6.73. The molecule has 2 nitrogen and oxygen atoms in total. The van der Waals surface area contributed by atoms with Crippen molar-refractivity contribution < 1.29 is 18.6 Å². The highest BCUT2D eigenvalue weighted by atomic mass is 79.9. The van der Waals surface area contributed by atoms with Crippen LogP contribution in [0.1, 0.15) is 18.6 Å². The average molecular weight is 378 g/mol. The Morgan fingerprint density at radius 3 is 2.62 bits per heavy atom. The molecule has 0 amide bonds. The summed E-state index contributed by atoms with van der Waals surface area (Å²) in [4.78, 5) is 0. The van der Waals surface area contributed by atoms with Crippen molar-refractivity contribution in [1.82, 2.24) is 0 Å². The molecule has 0 aliphatic rings. The van der Waals surface area contributed by atoms with E-state index in [0.29, 0.717) is 10.8 Å². The monoisotopic (exact) mass is 376 g/mol. The molecule has 2 rings (SSSR count). The Balaban J connectivity index is 2.24. The van der Waals surface area contributed by atoms with E-state index in [1.165, 1.54) is 13.0 Å². The van der Waals surface area contributed by atoms with Crippen molar-refractivity contribution in [2.24, 2.45) is 0 Å². The largest absolute Gasteiger partial charge is 0.488 e. The predicted octanol–water partition coefficient (Wildman–Crippen LogP) is 4.88. The van der Waals surface area contributed by atoms with Crippen LogP contribution in [-0.4, -0.2) is 11.2 Å². The lowest BCUT2D eigenvalue weighted by Gasteiger charge is -2.22. The highest BCUT2D eigenvalue weighted by Gasteiger charge is 2.26. The second-order valence-corrected chi connectivity index (χ2v) is 5.77. The highest BCUT2D eigenvalue weighted by Crippen LogP contribution is 2.30. The maximum absolute atomic E-state index is 14.0. The van der Waals surface area contributed by atoms with E-state index in [-0.39, 0.29) is 4.47 Å². The van der Waals surface area contributed by atoms with Crippen LogP contribution in [0, 0.1) is 11.6 Å². The van der Waals surface area contributed by atoms with Gasteiger partial charge in [-0.25, -0.2) is 8.78 Å². The molecule has 0 aromatic heterocycles. The van der Waals surface area contributed by atoms with E-state index in [0.717, 1.165) is 6.07 Å². The normalized spacial score (nSPS) is 13.8. The maximum atomic E-state index is 14.0. The third-order valence-electron chi connectivity index (χ3n) is 2.94. The lowest BCUT2D eigenvalue weighted by Crippen LogP contribution is -2.23. The fraction of sp³-hybridized carbons (Fsp3) is 0.200. The van der Waals surface area contributed by atoms with Gasteiger partial charge in [0.2, 0.25) is 0 Å². The Kier molecular flexibility index (Phi) is 5.19. The minimum Gasteiger partial charge on any atom is -0.488 e. The van der Waals surface area contributed by atoms with Crippen LogP contribution >= 0.6 is 27.5 Å². The van der Waals surface area contributed by atoms with Gasteiger partial charge in [0, 0.05) is 5.02 Å². The van der Waals surface area contributed by atoms with Crippen LogP contribution < -0.4 is 4.74 Å². The van der Waals surface area contributed by atoms with Gasteiger partial charge in [0.1, 0.15) is 29.6 Å². The molecule has 21 heavy (non-hydrogen) atoms. The van der Waals surface area contributed by atoms with Crippen LogP contribution in [-0.2, 0) is 0 Å². The summed E-state index contributed by atoms with van der Waals surface area (Å²) in [5, 5.41) is 10.6. The van der Waals surface area contributed by atoms with Crippen LogP contribution in [0.5, 0.6) is 5.75 Å². The van der Waals surface area contributed by atoms with E-state index in [2.05, 4.69) is 15.9 Å². The summed E-state index contributed by atoms with van der Waals surface area (Å²) in [5.41, 5.74) is -0.432. The van der Waals surface area contributed by atoms with Crippen LogP contribution in [0.4, 0.5) is 8.78 Å². The minimum absolute atomic E-state index is 0.0768. The van der Waals surface area contributed by atoms with Crippen molar-refractivity contribution in [3.63, 3.8) is 0 Å². The number of benzene rings is 2. The Bertz CT molecular complexity index is 652. The Morgan fingerprint density at radius 2 is 1.95 bits per heavy atom. The molecule has 2 aromatic rings. The van der Waals surface area contributed by atoms with Gasteiger partial charge in [0.05, 0.1) is 10.0 Å². The summed E-state index contributed by atoms with van der Waals surface area (Å²) in [5.74, 6) is -1.27. The number of ether oxygens (including phenoxy) is 1. The molecular weight excluding hydrogens is 366 g/mol. The molecule has 112 valence electrons. The zero-order valence-electron chi connectivity index (χ0n) is 11.0. The van der Waals surface area contributed by atoms with Crippen LogP contribution in [0.2, 0.25) is 5.02 Å². The third kappa shape index (κ3) is 3.73. The first kappa shape index (κ1) is 16.2. The molecule has 6 heteroatoms. The average Bonchev–Trinajstić information content (AvgIpc) is 2.43. The lowest BCUT2D eigenvalue weighted by molar-refractivity contribution is 0.0416. The lowest BCUT2D eigenvalue weighted by atomic mass is 10.0. The maximum Gasteiger partial charge on any atom is 0.146 e. The van der Waals surface area contributed by atoms with Gasteiger partial charge in [-0.2, -0.15) is 0 Å². The van der Waals surface area contributed by atoms with Gasteiger partial charge < -0.3 is 9.84 Å². The van der Waals surface area contributed by atoms with Gasteiger partial charge in [-0.05, 0) is 53.2 Å². The fourth-order valence-corrected chi connectivity index (χ4v) is 2.39. The topological polar surface area (TPSA) is 29.5 Å². The molecule has 2 atom stereocenters. The molecule has 2 aromatic carbocycles. The van der Waals surface area contributed by atoms with E-state index < -0.39 is 29.4 Å². The van der Waals surface area contributed by atoms with Crippen molar-refractivity contribution in [3.05, 3.63) is 63.1 Å². The number of rotatable bonds is 4. The first-order chi connectivity index (χ1) is 9.90. The smallest absolute Gasteiger partial charge is 0.146 e. The summed E-state index contributed by atoms with van der Waals surface area (Å²) in [6.45, 7) is 1.52. The Labute approximate surface area is 134 Å². The predicted molar refractivity (Wildman–Crippen MR) is 80.6 cm³/mol. The molecule has 1 N–H and O–H groups in total. The zero-order chi connectivity index (χ0) is 15.6. The van der Waals surface area contributed by atoms with Gasteiger partial charge >= 0.3 is 0 Å². The number of hydrogen-bond donors (Lipinski definition) is 1. The van der Waals surface area contributed by atoms with Crippen molar-refractivity contribution in [3.8, 4) is 5.75 Å². The zero-order valence-corrected chi connectivity index (χ0v) is 13.3. The second-order valence-electron chi connectivity index (χ2n) is 4.48. The Morgan fingerprint density at radius 1 is 1.24 bits per heavy atom. The van der Waals surface area contributed by atoms with E-state index in [4.69, 9.17) is 16.3 Å². The minimum atomic E-state index is -1.46. The van der Waals surface area contributed by atoms with Crippen LogP contribution in [0.3, 0.4) is 0 Å². The SMILES string of the molecule is CC(Oc1cccc(Cl)c1)C(O)c1c(F)ccc(Br)c1F. The van der Waals surface area contributed by atoms with Gasteiger partial charge in [0.15, 0.2) is 0 Å². The molecule has 0 aliphatic carbocycles. The Hall–Kier alpha value is -1.17. The molecule has 0 radical (unpaired) electrons. The summed E-state index contributed by atoms with van der Waals surface area (Å²) in [6.07, 6.45) is -2.32. The molecule has 0 saturated heterocycles. The van der Waals surface area contributed by atoms with Crippen LogP contribution in [0.15, 0.2) is 40.9 Å². The number of aliphatic hydroxyl groups is 1. The fourth-order valence-electron chi connectivity index (χ4n) is 1.87. The summed E-state index contributed by atoms with van der Waals surface area (Å²) in [6, 6.07) is 8.86. The molecule has 0 spiro atoms. The van der Waals surface area contributed by atoms with E-state index in [1.54, 1.807) is 24.3 Å². The van der Waals surface area contributed by atoms with E-state index in [9.17, 15) is 13.9 Å². The van der Waals surface area contributed by atoms with Gasteiger partial charge in [-0.1, -0.05) is 17.7 Å². The van der Waals surface area contributed by atoms with Crippen LogP contribution in [0.25, 0.3) is 0 Å². The van der Waals surface area contributed by atoms with Crippen molar-refractivity contribution >= 4 is 27.5 Å². The number of halogens is 4. The van der Waals surface area contributed by atoms with Crippen molar-refractivity contribution in [1.29, 1.82) is 0 Å². The summed E-state index contributed by atoms with van der Waals surface area (Å²) in [7, 11) is 0. The van der Waals surface area contributed by atoms with Gasteiger partial charge in [-0.15, -0.1) is 0 Å². The van der Waals surface area contributed by atoms with Crippen molar-refractivity contribution in [2.45, 2.75) is 19.1 Å². The van der Waals surface area contributed by atoms with E-state index >= 15 is 0 Å².